The van der Waals surface area contributed by atoms with Crippen LogP contribution in [-0.2, 0) is 20.9 Å². The second kappa shape index (κ2) is 9.04. The van der Waals surface area contributed by atoms with Gasteiger partial charge in [-0.3, -0.25) is 4.79 Å². The maximum atomic E-state index is 12.1. The van der Waals surface area contributed by atoms with E-state index in [1.165, 1.54) is 0 Å². The molecule has 2 rings (SSSR count). The Morgan fingerprint density at radius 2 is 1.62 bits per heavy atom. The molecule has 0 heterocycles. The van der Waals surface area contributed by atoms with Crippen molar-refractivity contribution < 1.29 is 19.1 Å². The van der Waals surface area contributed by atoms with Crippen LogP contribution >= 0.6 is 0 Å². The quantitative estimate of drug-likeness (QED) is 0.775. The molecule has 2 aromatic carbocycles. The molecule has 1 N–H and O–H groups in total. The van der Waals surface area contributed by atoms with Crippen molar-refractivity contribution in [2.45, 2.75) is 40.3 Å². The van der Waals surface area contributed by atoms with Crippen LogP contribution < -0.4 is 10.1 Å². The van der Waals surface area contributed by atoms with E-state index < -0.39 is 12.1 Å². The first-order valence-corrected chi connectivity index (χ1v) is 8.58. The predicted octanol–water partition coefficient (Wildman–Crippen LogP) is 3.24. The van der Waals surface area contributed by atoms with E-state index in [0.29, 0.717) is 12.3 Å². The van der Waals surface area contributed by atoms with Gasteiger partial charge in [-0.15, -0.1) is 0 Å². The second-order valence-corrected chi connectivity index (χ2v) is 6.35. The lowest BCUT2D eigenvalue weighted by Gasteiger charge is -2.15. The van der Waals surface area contributed by atoms with E-state index in [1.54, 1.807) is 6.92 Å². The molecule has 0 unspecified atom stereocenters. The van der Waals surface area contributed by atoms with Gasteiger partial charge in [0.05, 0.1) is 0 Å². The molecule has 0 aliphatic carbocycles. The highest BCUT2D eigenvalue weighted by atomic mass is 16.6. The smallest absolute Gasteiger partial charge is 0.344 e. The van der Waals surface area contributed by atoms with Gasteiger partial charge in [-0.2, -0.15) is 0 Å². The van der Waals surface area contributed by atoms with Crippen LogP contribution in [0.5, 0.6) is 5.75 Å². The Labute approximate surface area is 154 Å². The number of carbonyl (C=O) groups is 2. The minimum absolute atomic E-state index is 0.235. The molecule has 0 radical (unpaired) electrons. The molecule has 26 heavy (non-hydrogen) atoms. The van der Waals surface area contributed by atoms with Crippen LogP contribution in [0.3, 0.4) is 0 Å². The predicted molar refractivity (Wildman–Crippen MR) is 100.0 cm³/mol. The third-order valence-electron chi connectivity index (χ3n) is 4.01. The summed E-state index contributed by atoms with van der Waals surface area (Å²) in [6.07, 6.45) is -0.880. The number of hydrogen-bond acceptors (Lipinski definition) is 4. The van der Waals surface area contributed by atoms with Crippen molar-refractivity contribution in [3.8, 4) is 5.75 Å². The van der Waals surface area contributed by atoms with E-state index in [-0.39, 0.29) is 12.5 Å². The third kappa shape index (κ3) is 5.62. The van der Waals surface area contributed by atoms with Crippen LogP contribution in [0.25, 0.3) is 0 Å². The van der Waals surface area contributed by atoms with Gasteiger partial charge in [0.2, 0.25) is 0 Å². The van der Waals surface area contributed by atoms with Crippen LogP contribution in [0.15, 0.2) is 42.5 Å². The lowest BCUT2D eigenvalue weighted by molar-refractivity contribution is -0.156. The molecule has 0 aromatic heterocycles. The van der Waals surface area contributed by atoms with E-state index in [1.807, 2.05) is 63.2 Å². The molecule has 0 aliphatic heterocycles. The van der Waals surface area contributed by atoms with Gasteiger partial charge >= 0.3 is 5.97 Å². The monoisotopic (exact) mass is 355 g/mol. The molecule has 1 atom stereocenters. The van der Waals surface area contributed by atoms with Crippen LogP contribution in [0, 0.1) is 20.8 Å². The summed E-state index contributed by atoms with van der Waals surface area (Å²) in [5.41, 5.74) is 4.04. The Balaban J connectivity index is 1.78. The third-order valence-corrected chi connectivity index (χ3v) is 4.01. The topological polar surface area (TPSA) is 64.6 Å². The number of rotatable bonds is 7. The van der Waals surface area contributed by atoms with Crippen molar-refractivity contribution in [3.05, 3.63) is 64.7 Å². The Kier molecular flexibility index (Phi) is 6.78. The lowest BCUT2D eigenvalue weighted by Crippen LogP contribution is -2.36. The average molecular weight is 355 g/mol. The number of aryl methyl sites for hydroxylation is 3. The molecule has 0 bridgehead atoms. The summed E-state index contributed by atoms with van der Waals surface area (Å²) in [4.78, 5) is 24.0. The summed E-state index contributed by atoms with van der Waals surface area (Å²) in [6.45, 7) is 7.52. The Morgan fingerprint density at radius 3 is 2.23 bits per heavy atom. The number of carbonyl (C=O) groups excluding carboxylic acids is 2. The fourth-order valence-corrected chi connectivity index (χ4v) is 2.48. The zero-order valence-electron chi connectivity index (χ0n) is 15.7. The van der Waals surface area contributed by atoms with Crippen molar-refractivity contribution >= 4 is 11.9 Å². The summed E-state index contributed by atoms with van der Waals surface area (Å²) in [7, 11) is 0. The summed E-state index contributed by atoms with van der Waals surface area (Å²) in [5, 5.41) is 2.76. The number of esters is 1. The molecular weight excluding hydrogens is 330 g/mol. The van der Waals surface area contributed by atoms with Gasteiger partial charge in [0, 0.05) is 6.54 Å². The molecule has 0 saturated carbocycles. The average Bonchev–Trinajstić information content (AvgIpc) is 2.60. The highest BCUT2D eigenvalue weighted by Gasteiger charge is 2.18. The normalized spacial score (nSPS) is 11.5. The highest BCUT2D eigenvalue weighted by Crippen LogP contribution is 2.22. The van der Waals surface area contributed by atoms with Crippen molar-refractivity contribution in [1.29, 1.82) is 0 Å². The molecule has 5 nitrogen and oxygen atoms in total. The zero-order chi connectivity index (χ0) is 19.1. The van der Waals surface area contributed by atoms with E-state index in [4.69, 9.17) is 9.47 Å². The number of hydrogen-bond donors (Lipinski definition) is 1. The molecule has 0 saturated heterocycles. The number of para-hydroxylation sites is 1. The van der Waals surface area contributed by atoms with E-state index in [9.17, 15) is 9.59 Å². The zero-order valence-corrected chi connectivity index (χ0v) is 15.7. The maximum absolute atomic E-state index is 12.1. The van der Waals surface area contributed by atoms with Gasteiger partial charge < -0.3 is 14.8 Å². The first-order chi connectivity index (χ1) is 12.4. The largest absolute Gasteiger partial charge is 0.481 e. The molecule has 0 fully saturated rings. The first kappa shape index (κ1) is 19.5. The molecule has 2 aromatic rings. The second-order valence-electron chi connectivity index (χ2n) is 6.35. The van der Waals surface area contributed by atoms with E-state index in [2.05, 4.69) is 5.32 Å². The fraction of sp³-hybridized carbons (Fsp3) is 0.333. The van der Waals surface area contributed by atoms with Crippen LogP contribution in [-0.4, -0.2) is 24.6 Å². The van der Waals surface area contributed by atoms with Crippen molar-refractivity contribution in [2.75, 3.05) is 6.61 Å². The summed E-state index contributed by atoms with van der Waals surface area (Å²) in [5.74, 6) is -0.252. The molecule has 5 heteroatoms. The van der Waals surface area contributed by atoms with Crippen molar-refractivity contribution in [2.24, 2.45) is 0 Å². The summed E-state index contributed by atoms with van der Waals surface area (Å²) in [6, 6.07) is 13.6. The van der Waals surface area contributed by atoms with Crippen LogP contribution in [0.2, 0.25) is 0 Å². The number of amides is 1. The van der Waals surface area contributed by atoms with Gasteiger partial charge in [0.15, 0.2) is 12.7 Å². The fourth-order valence-electron chi connectivity index (χ4n) is 2.48. The SMILES string of the molecule is Cc1ccc(CNC(=O)[C@H](C)OC(=O)COc2c(C)cccc2C)cc1. The Bertz CT molecular complexity index is 748. The minimum Gasteiger partial charge on any atom is -0.481 e. The number of ether oxygens (including phenoxy) is 2. The van der Waals surface area contributed by atoms with Gasteiger partial charge in [-0.05, 0) is 44.4 Å². The standard InChI is InChI=1S/C21H25NO4/c1-14-8-10-18(11-9-14)12-22-21(24)17(4)26-19(23)13-25-20-15(2)6-5-7-16(20)3/h5-11,17H,12-13H2,1-4H3,(H,22,24)/t17-/m0/s1. The summed E-state index contributed by atoms with van der Waals surface area (Å²) < 4.78 is 10.7. The lowest BCUT2D eigenvalue weighted by atomic mass is 10.1. The minimum atomic E-state index is -0.880. The van der Waals surface area contributed by atoms with Gasteiger partial charge in [-0.1, -0.05) is 48.0 Å². The summed E-state index contributed by atoms with van der Waals surface area (Å²) >= 11 is 0. The van der Waals surface area contributed by atoms with Crippen molar-refractivity contribution in [1.82, 2.24) is 5.32 Å². The molecule has 0 aliphatic rings. The van der Waals surface area contributed by atoms with Gasteiger partial charge in [-0.25, -0.2) is 4.79 Å². The van der Waals surface area contributed by atoms with Gasteiger partial charge in [0.1, 0.15) is 5.75 Å². The molecule has 1 amide bonds. The van der Waals surface area contributed by atoms with E-state index in [0.717, 1.165) is 22.3 Å². The Hall–Kier alpha value is -2.82. The van der Waals surface area contributed by atoms with Gasteiger partial charge in [0.25, 0.3) is 5.91 Å². The van der Waals surface area contributed by atoms with Crippen molar-refractivity contribution in [3.63, 3.8) is 0 Å². The Morgan fingerprint density at radius 1 is 1.00 bits per heavy atom. The molecular formula is C21H25NO4. The number of nitrogens with one attached hydrogen (secondary N) is 1. The highest BCUT2D eigenvalue weighted by molar-refractivity contribution is 5.83. The maximum Gasteiger partial charge on any atom is 0.344 e. The van der Waals surface area contributed by atoms with E-state index >= 15 is 0 Å². The first-order valence-electron chi connectivity index (χ1n) is 8.58. The molecule has 0 spiro atoms. The number of benzene rings is 2. The molecule has 138 valence electrons. The van der Waals surface area contributed by atoms with Crippen LogP contribution in [0.4, 0.5) is 0 Å². The van der Waals surface area contributed by atoms with Crippen LogP contribution in [0.1, 0.15) is 29.2 Å².